The first-order valence-electron chi connectivity index (χ1n) is 4.32. The molecule has 1 aromatic rings. The van der Waals surface area contributed by atoms with Gasteiger partial charge in [0.05, 0.1) is 6.20 Å². The van der Waals surface area contributed by atoms with Gasteiger partial charge in [0.15, 0.2) is 0 Å². The minimum Gasteiger partial charge on any atom is -0.490 e. The van der Waals surface area contributed by atoms with Crippen LogP contribution >= 0.6 is 15.9 Å². The Hall–Kier alpha value is -0.610. The van der Waals surface area contributed by atoms with Crippen molar-refractivity contribution in [3.05, 3.63) is 22.9 Å². The Kier molecular flexibility index (Phi) is 2.80. The largest absolute Gasteiger partial charge is 0.490 e. The van der Waals surface area contributed by atoms with Crippen LogP contribution in [0, 0.1) is 0 Å². The molecule has 0 radical (unpaired) electrons. The van der Waals surface area contributed by atoms with E-state index in [4.69, 9.17) is 4.74 Å². The number of aromatic nitrogens is 1. The Morgan fingerprint density at radius 3 is 3.00 bits per heavy atom. The predicted octanol–water partition coefficient (Wildman–Crippen LogP) is 1.58. The molecule has 0 amide bonds. The summed E-state index contributed by atoms with van der Waals surface area (Å²) in [5, 5.41) is 3.27. The van der Waals surface area contributed by atoms with Crippen LogP contribution in [0.3, 0.4) is 0 Å². The number of pyridine rings is 1. The van der Waals surface area contributed by atoms with E-state index in [0.717, 1.165) is 23.5 Å². The third-order valence-corrected chi connectivity index (χ3v) is 2.55. The minimum absolute atomic E-state index is 0.531. The number of hydrogen-bond acceptors (Lipinski definition) is 3. The van der Waals surface area contributed by atoms with Crippen LogP contribution < -0.4 is 10.1 Å². The Balaban J connectivity index is 1.83. The molecule has 1 atom stereocenters. The molecule has 0 saturated carbocycles. The lowest BCUT2D eigenvalue weighted by Crippen LogP contribution is -2.46. The third kappa shape index (κ3) is 2.42. The van der Waals surface area contributed by atoms with Gasteiger partial charge in [-0.1, -0.05) is 0 Å². The number of ether oxygens (including phenoxy) is 1. The van der Waals surface area contributed by atoms with Gasteiger partial charge in [0, 0.05) is 6.04 Å². The minimum atomic E-state index is 0.531. The topological polar surface area (TPSA) is 34.1 Å². The van der Waals surface area contributed by atoms with Gasteiger partial charge in [0.25, 0.3) is 0 Å². The molecular weight excluding hydrogens is 232 g/mol. The predicted molar refractivity (Wildman–Crippen MR) is 53.8 cm³/mol. The van der Waals surface area contributed by atoms with E-state index in [0.29, 0.717) is 6.04 Å². The van der Waals surface area contributed by atoms with Crippen LogP contribution in [-0.4, -0.2) is 24.2 Å². The number of nitrogens with one attached hydrogen (secondary N) is 1. The normalized spacial score (nSPS) is 20.8. The lowest BCUT2D eigenvalue weighted by molar-refractivity contribution is 0.217. The van der Waals surface area contributed by atoms with Gasteiger partial charge in [0.1, 0.15) is 17.0 Å². The fraction of sp³-hybridized carbons (Fsp3) is 0.444. The number of rotatable bonds is 3. The molecule has 13 heavy (non-hydrogen) atoms. The Morgan fingerprint density at radius 1 is 1.62 bits per heavy atom. The van der Waals surface area contributed by atoms with Crippen LogP contribution in [-0.2, 0) is 0 Å². The molecule has 4 heteroatoms. The van der Waals surface area contributed by atoms with E-state index in [1.54, 1.807) is 6.20 Å². The maximum Gasteiger partial charge on any atom is 0.137 e. The highest BCUT2D eigenvalue weighted by Crippen LogP contribution is 2.13. The maximum absolute atomic E-state index is 5.52. The van der Waals surface area contributed by atoms with Crippen molar-refractivity contribution >= 4 is 15.9 Å². The molecule has 2 heterocycles. The molecule has 1 N–H and O–H groups in total. The van der Waals surface area contributed by atoms with Crippen molar-refractivity contribution in [1.29, 1.82) is 0 Å². The van der Waals surface area contributed by atoms with Gasteiger partial charge in [-0.3, -0.25) is 0 Å². The summed E-state index contributed by atoms with van der Waals surface area (Å²) in [6, 6.07) is 4.32. The summed E-state index contributed by atoms with van der Waals surface area (Å²) in [6.45, 7) is 1.86. The summed E-state index contributed by atoms with van der Waals surface area (Å²) in [4.78, 5) is 4.07. The van der Waals surface area contributed by atoms with Gasteiger partial charge < -0.3 is 10.1 Å². The number of nitrogens with zero attached hydrogens (tertiary/aromatic N) is 1. The first-order chi connectivity index (χ1) is 6.34. The quantitative estimate of drug-likeness (QED) is 0.818. The van der Waals surface area contributed by atoms with E-state index >= 15 is 0 Å². The summed E-state index contributed by atoms with van der Waals surface area (Å²) in [5.41, 5.74) is 0. The third-order valence-electron chi connectivity index (χ3n) is 2.08. The highest BCUT2D eigenvalue weighted by Gasteiger charge is 2.16. The van der Waals surface area contributed by atoms with Crippen LogP contribution in [0.1, 0.15) is 6.42 Å². The molecule has 0 aromatic carbocycles. The van der Waals surface area contributed by atoms with Gasteiger partial charge in [-0.05, 0) is 41.0 Å². The van der Waals surface area contributed by atoms with E-state index in [2.05, 4.69) is 26.2 Å². The van der Waals surface area contributed by atoms with E-state index in [9.17, 15) is 0 Å². The van der Waals surface area contributed by atoms with Gasteiger partial charge in [0.2, 0.25) is 0 Å². The van der Waals surface area contributed by atoms with Crippen LogP contribution in [0.5, 0.6) is 5.75 Å². The van der Waals surface area contributed by atoms with E-state index in [-0.39, 0.29) is 0 Å². The van der Waals surface area contributed by atoms with Crippen LogP contribution in [0.25, 0.3) is 0 Å². The second-order valence-electron chi connectivity index (χ2n) is 3.07. The number of halogens is 1. The van der Waals surface area contributed by atoms with Crippen molar-refractivity contribution in [2.45, 2.75) is 12.5 Å². The summed E-state index contributed by atoms with van der Waals surface area (Å²) >= 11 is 3.27. The molecule has 1 fully saturated rings. The molecule has 1 saturated heterocycles. The van der Waals surface area contributed by atoms with Crippen LogP contribution in [0.4, 0.5) is 0 Å². The molecule has 70 valence electrons. The van der Waals surface area contributed by atoms with Crippen molar-refractivity contribution in [1.82, 2.24) is 10.3 Å². The zero-order chi connectivity index (χ0) is 9.10. The van der Waals surface area contributed by atoms with Crippen molar-refractivity contribution in [2.24, 2.45) is 0 Å². The highest BCUT2D eigenvalue weighted by atomic mass is 79.9. The van der Waals surface area contributed by atoms with E-state index in [1.807, 2.05) is 12.1 Å². The Morgan fingerprint density at radius 2 is 2.46 bits per heavy atom. The molecule has 1 aliphatic heterocycles. The zero-order valence-electron chi connectivity index (χ0n) is 7.16. The van der Waals surface area contributed by atoms with Crippen molar-refractivity contribution in [3.8, 4) is 5.75 Å². The fourth-order valence-corrected chi connectivity index (χ4v) is 1.37. The molecule has 0 aliphatic carbocycles. The zero-order valence-corrected chi connectivity index (χ0v) is 8.75. The van der Waals surface area contributed by atoms with E-state index < -0.39 is 0 Å². The first kappa shape index (κ1) is 8.97. The first-order valence-corrected chi connectivity index (χ1v) is 5.11. The lowest BCUT2D eigenvalue weighted by Gasteiger charge is -2.27. The van der Waals surface area contributed by atoms with Crippen LogP contribution in [0.15, 0.2) is 22.9 Å². The number of hydrogen-bond donors (Lipinski definition) is 1. The van der Waals surface area contributed by atoms with Crippen molar-refractivity contribution in [3.63, 3.8) is 0 Å². The average molecular weight is 243 g/mol. The average Bonchev–Trinajstić information content (AvgIpc) is 2.05. The molecule has 0 spiro atoms. The summed E-state index contributed by atoms with van der Waals surface area (Å²) < 4.78 is 6.35. The Bertz CT molecular complexity index is 271. The van der Waals surface area contributed by atoms with E-state index in [1.165, 1.54) is 6.42 Å². The molecule has 1 aromatic heterocycles. The summed E-state index contributed by atoms with van der Waals surface area (Å²) in [6.07, 6.45) is 2.94. The lowest BCUT2D eigenvalue weighted by atomic mass is 10.1. The fourth-order valence-electron chi connectivity index (χ4n) is 1.14. The Labute approximate surface area is 85.6 Å². The SMILES string of the molecule is Brc1ccc(OC[C@H]2CCN2)cn1. The summed E-state index contributed by atoms with van der Waals surface area (Å²) in [5.74, 6) is 0.830. The monoisotopic (exact) mass is 242 g/mol. The second-order valence-corrected chi connectivity index (χ2v) is 3.88. The van der Waals surface area contributed by atoms with Gasteiger partial charge >= 0.3 is 0 Å². The van der Waals surface area contributed by atoms with Gasteiger partial charge in [-0.25, -0.2) is 4.98 Å². The molecular formula is C9H11BrN2O. The van der Waals surface area contributed by atoms with Gasteiger partial charge in [-0.2, -0.15) is 0 Å². The maximum atomic E-state index is 5.52. The van der Waals surface area contributed by atoms with Crippen molar-refractivity contribution in [2.75, 3.05) is 13.2 Å². The smallest absolute Gasteiger partial charge is 0.137 e. The standard InChI is InChI=1S/C9H11BrN2O/c10-9-2-1-8(5-12-9)13-6-7-3-4-11-7/h1-2,5,7,11H,3-4,6H2/t7-/m1/s1. The molecule has 0 unspecified atom stereocenters. The molecule has 0 bridgehead atoms. The second kappa shape index (κ2) is 4.07. The van der Waals surface area contributed by atoms with Gasteiger partial charge in [-0.15, -0.1) is 0 Å². The molecule has 1 aliphatic rings. The molecule has 2 rings (SSSR count). The highest BCUT2D eigenvalue weighted by molar-refractivity contribution is 9.10. The summed E-state index contributed by atoms with van der Waals surface area (Å²) in [7, 11) is 0. The van der Waals surface area contributed by atoms with Crippen molar-refractivity contribution < 1.29 is 4.74 Å². The molecule has 3 nitrogen and oxygen atoms in total. The van der Waals surface area contributed by atoms with Crippen LogP contribution in [0.2, 0.25) is 0 Å².